The van der Waals surface area contributed by atoms with E-state index in [0.717, 1.165) is 27.8 Å². The number of benzene rings is 2. The predicted molar refractivity (Wildman–Crippen MR) is 106 cm³/mol. The van der Waals surface area contributed by atoms with Crippen molar-refractivity contribution in [3.63, 3.8) is 0 Å². The molecule has 0 saturated carbocycles. The van der Waals surface area contributed by atoms with E-state index in [4.69, 9.17) is 4.42 Å². The number of nitrogens with one attached hydrogen (secondary N) is 1. The highest BCUT2D eigenvalue weighted by molar-refractivity contribution is 5.81. The third-order valence-corrected chi connectivity index (χ3v) is 4.92. The van der Waals surface area contributed by atoms with Crippen LogP contribution in [-0.4, -0.2) is 20.2 Å². The minimum Gasteiger partial charge on any atom is -0.423 e. The Bertz CT molecular complexity index is 1180. The molecular weight excluding hydrogens is 354 g/mol. The van der Waals surface area contributed by atoms with E-state index in [0.29, 0.717) is 18.0 Å². The number of para-hydroxylation sites is 1. The average molecular weight is 375 g/mol. The SMILES string of the molecule is Cc1cc2oc(=O)cc(CNC(C)c3nnnn3-c3ccccc3)c2cc1C. The molecule has 28 heavy (non-hydrogen) atoms. The van der Waals surface area contributed by atoms with Gasteiger partial charge < -0.3 is 9.73 Å². The van der Waals surface area contributed by atoms with Crippen LogP contribution in [-0.2, 0) is 6.54 Å². The van der Waals surface area contributed by atoms with Crippen LogP contribution >= 0.6 is 0 Å². The highest BCUT2D eigenvalue weighted by atomic mass is 16.4. The van der Waals surface area contributed by atoms with Gasteiger partial charge in [-0.1, -0.05) is 18.2 Å². The van der Waals surface area contributed by atoms with Crippen LogP contribution in [0.3, 0.4) is 0 Å². The Kier molecular flexibility index (Phi) is 4.75. The summed E-state index contributed by atoms with van der Waals surface area (Å²) >= 11 is 0. The Morgan fingerprint density at radius 1 is 1.11 bits per heavy atom. The maximum Gasteiger partial charge on any atom is 0.336 e. The summed E-state index contributed by atoms with van der Waals surface area (Å²) in [5.74, 6) is 0.700. The molecule has 1 atom stereocenters. The van der Waals surface area contributed by atoms with E-state index in [-0.39, 0.29) is 11.7 Å². The van der Waals surface area contributed by atoms with Crippen molar-refractivity contribution in [2.75, 3.05) is 0 Å². The molecule has 2 heterocycles. The normalized spacial score (nSPS) is 12.4. The first-order chi connectivity index (χ1) is 13.5. The molecule has 0 saturated heterocycles. The zero-order valence-corrected chi connectivity index (χ0v) is 16.0. The molecule has 7 heteroatoms. The summed E-state index contributed by atoms with van der Waals surface area (Å²) in [6.07, 6.45) is 0. The molecule has 1 N–H and O–H groups in total. The molecule has 7 nitrogen and oxygen atoms in total. The summed E-state index contributed by atoms with van der Waals surface area (Å²) < 4.78 is 7.09. The van der Waals surface area contributed by atoms with Gasteiger partial charge in [0.25, 0.3) is 0 Å². The lowest BCUT2D eigenvalue weighted by molar-refractivity contribution is 0.525. The van der Waals surface area contributed by atoms with Crippen LogP contribution in [0.25, 0.3) is 16.7 Å². The first kappa shape index (κ1) is 18.1. The standard InChI is InChI=1S/C21H21N5O2/c1-13-9-18-16(11-20(27)28-19(18)10-14(13)2)12-22-15(3)21-23-24-25-26(21)17-7-5-4-6-8-17/h4-11,15,22H,12H2,1-3H3. The predicted octanol–water partition coefficient (Wildman–Crippen LogP) is 3.24. The minimum absolute atomic E-state index is 0.121. The van der Waals surface area contributed by atoms with Gasteiger partial charge in [-0.25, -0.2) is 4.79 Å². The summed E-state index contributed by atoms with van der Waals surface area (Å²) in [7, 11) is 0. The van der Waals surface area contributed by atoms with Crippen molar-refractivity contribution >= 4 is 11.0 Å². The molecule has 0 aliphatic heterocycles. The average Bonchev–Trinajstić information content (AvgIpc) is 3.18. The quantitative estimate of drug-likeness (QED) is 0.539. The van der Waals surface area contributed by atoms with Gasteiger partial charge in [-0.05, 0) is 72.2 Å². The van der Waals surface area contributed by atoms with Gasteiger partial charge in [-0.2, -0.15) is 4.68 Å². The van der Waals surface area contributed by atoms with Crippen molar-refractivity contribution < 1.29 is 4.42 Å². The third-order valence-electron chi connectivity index (χ3n) is 4.92. The number of nitrogens with zero attached hydrogens (tertiary/aromatic N) is 4. The Morgan fingerprint density at radius 2 is 1.86 bits per heavy atom. The summed E-state index contributed by atoms with van der Waals surface area (Å²) in [6.45, 7) is 6.54. The maximum atomic E-state index is 12.0. The van der Waals surface area contributed by atoms with E-state index in [1.807, 2.05) is 57.2 Å². The number of tetrazole rings is 1. The van der Waals surface area contributed by atoms with E-state index >= 15 is 0 Å². The van der Waals surface area contributed by atoms with Gasteiger partial charge in [-0.3, -0.25) is 0 Å². The highest BCUT2D eigenvalue weighted by Gasteiger charge is 2.16. The molecule has 4 rings (SSSR count). The smallest absolute Gasteiger partial charge is 0.336 e. The van der Waals surface area contributed by atoms with Gasteiger partial charge in [0, 0.05) is 18.0 Å². The highest BCUT2D eigenvalue weighted by Crippen LogP contribution is 2.22. The fraction of sp³-hybridized carbons (Fsp3) is 0.238. The zero-order chi connectivity index (χ0) is 19.7. The Morgan fingerprint density at radius 3 is 2.64 bits per heavy atom. The van der Waals surface area contributed by atoms with Crippen molar-refractivity contribution in [2.24, 2.45) is 0 Å². The molecule has 0 radical (unpaired) electrons. The lowest BCUT2D eigenvalue weighted by Crippen LogP contribution is -2.22. The molecule has 4 aromatic rings. The fourth-order valence-electron chi connectivity index (χ4n) is 3.20. The van der Waals surface area contributed by atoms with Crippen LogP contribution in [0.5, 0.6) is 0 Å². The largest absolute Gasteiger partial charge is 0.423 e. The van der Waals surface area contributed by atoms with E-state index < -0.39 is 0 Å². The lowest BCUT2D eigenvalue weighted by Gasteiger charge is -2.15. The van der Waals surface area contributed by atoms with Gasteiger partial charge in [-0.15, -0.1) is 5.10 Å². The molecule has 1 unspecified atom stereocenters. The summed E-state index contributed by atoms with van der Waals surface area (Å²) in [4.78, 5) is 12.0. The second-order valence-corrected chi connectivity index (χ2v) is 6.91. The molecule has 0 spiro atoms. The number of aromatic nitrogens is 4. The van der Waals surface area contributed by atoms with Crippen molar-refractivity contribution in [1.82, 2.24) is 25.5 Å². The van der Waals surface area contributed by atoms with Crippen LogP contribution in [0.4, 0.5) is 0 Å². The van der Waals surface area contributed by atoms with Crippen LogP contribution in [0.15, 0.2) is 57.7 Å². The number of hydrogen-bond acceptors (Lipinski definition) is 6. The zero-order valence-electron chi connectivity index (χ0n) is 16.0. The number of fused-ring (bicyclic) bond motifs is 1. The monoisotopic (exact) mass is 375 g/mol. The summed E-state index contributed by atoms with van der Waals surface area (Å²) in [5, 5.41) is 16.4. The van der Waals surface area contributed by atoms with E-state index in [9.17, 15) is 4.79 Å². The number of aryl methyl sites for hydroxylation is 2. The molecule has 2 aromatic heterocycles. The summed E-state index contributed by atoms with van der Waals surface area (Å²) in [6, 6.07) is 15.1. The Hall–Kier alpha value is -3.32. The Balaban J connectivity index is 1.62. The molecule has 0 bridgehead atoms. The molecular formula is C21H21N5O2. The van der Waals surface area contributed by atoms with Gasteiger partial charge in [0.15, 0.2) is 5.82 Å². The van der Waals surface area contributed by atoms with Gasteiger partial charge in [0.05, 0.1) is 11.7 Å². The second kappa shape index (κ2) is 7.36. The van der Waals surface area contributed by atoms with Crippen molar-refractivity contribution in [3.8, 4) is 5.69 Å². The van der Waals surface area contributed by atoms with Gasteiger partial charge in [0.1, 0.15) is 5.58 Å². The molecule has 0 aliphatic rings. The minimum atomic E-state index is -0.352. The van der Waals surface area contributed by atoms with E-state index in [1.165, 1.54) is 6.07 Å². The van der Waals surface area contributed by atoms with Crippen LogP contribution in [0.1, 0.15) is 35.5 Å². The van der Waals surface area contributed by atoms with Crippen molar-refractivity contribution in [2.45, 2.75) is 33.4 Å². The molecule has 0 aliphatic carbocycles. The molecule has 142 valence electrons. The van der Waals surface area contributed by atoms with Gasteiger partial charge in [0.2, 0.25) is 0 Å². The molecule has 2 aromatic carbocycles. The number of rotatable bonds is 5. The fourth-order valence-corrected chi connectivity index (χ4v) is 3.20. The number of hydrogen-bond donors (Lipinski definition) is 1. The van der Waals surface area contributed by atoms with E-state index in [2.05, 4.69) is 26.9 Å². The Labute approximate surface area is 162 Å². The summed E-state index contributed by atoms with van der Waals surface area (Å²) in [5.41, 5.74) is 4.29. The van der Waals surface area contributed by atoms with Crippen LogP contribution < -0.4 is 10.9 Å². The van der Waals surface area contributed by atoms with Crippen molar-refractivity contribution in [1.29, 1.82) is 0 Å². The van der Waals surface area contributed by atoms with Crippen LogP contribution in [0.2, 0.25) is 0 Å². The molecule has 0 fully saturated rings. The lowest BCUT2D eigenvalue weighted by atomic mass is 10.0. The topological polar surface area (TPSA) is 85.8 Å². The maximum absolute atomic E-state index is 12.0. The second-order valence-electron chi connectivity index (χ2n) is 6.91. The first-order valence-corrected chi connectivity index (χ1v) is 9.14. The first-order valence-electron chi connectivity index (χ1n) is 9.14. The van der Waals surface area contributed by atoms with Gasteiger partial charge >= 0.3 is 5.63 Å². The van der Waals surface area contributed by atoms with E-state index in [1.54, 1.807) is 4.68 Å². The van der Waals surface area contributed by atoms with Crippen molar-refractivity contribution in [3.05, 3.63) is 81.5 Å². The third kappa shape index (κ3) is 3.44. The van der Waals surface area contributed by atoms with Crippen LogP contribution in [0, 0.1) is 13.8 Å². The molecule has 0 amide bonds.